The topological polar surface area (TPSA) is 38.5 Å². The largest absolute Gasteiger partial charge is 0.327 e. The number of fused-ring (bicyclic) bond motifs is 1. The van der Waals surface area contributed by atoms with Crippen LogP contribution in [0.25, 0.3) is 16.9 Å². The molecule has 1 aromatic carbocycles. The fraction of sp³-hybridized carbons (Fsp3) is 0.167. The summed E-state index contributed by atoms with van der Waals surface area (Å²) in [6.07, 6.45) is 0. The lowest BCUT2D eigenvalue weighted by atomic mass is 10.3. The van der Waals surface area contributed by atoms with Crippen LogP contribution in [0.15, 0.2) is 18.2 Å². The Balaban J connectivity index is 2.50. The molecule has 0 aliphatic heterocycles. The van der Waals surface area contributed by atoms with Gasteiger partial charge in [-0.1, -0.05) is 29.3 Å². The molecule has 0 radical (unpaired) electrons. The zero-order valence-electron chi connectivity index (χ0n) is 10.2. The maximum atomic E-state index is 6.26. The Morgan fingerprint density at radius 2 is 1.89 bits per heavy atom. The average molecular weight is 313 g/mol. The van der Waals surface area contributed by atoms with Gasteiger partial charge in [-0.2, -0.15) is 5.10 Å². The van der Waals surface area contributed by atoms with E-state index in [2.05, 4.69) is 10.1 Å². The number of aromatic amines is 1. The average Bonchev–Trinajstić information content (AvgIpc) is 2.79. The molecule has 2 heterocycles. The molecular weight excluding hydrogens is 303 g/mol. The summed E-state index contributed by atoms with van der Waals surface area (Å²) in [4.78, 5) is 3.15. The molecule has 0 fully saturated rings. The van der Waals surface area contributed by atoms with Gasteiger partial charge >= 0.3 is 0 Å². The Morgan fingerprint density at radius 3 is 2.53 bits per heavy atom. The molecule has 0 spiro atoms. The summed E-state index contributed by atoms with van der Waals surface area (Å²) in [6, 6.07) is 5.37. The normalized spacial score (nSPS) is 11.4. The first-order valence-corrected chi connectivity index (χ1v) is 6.76. The van der Waals surface area contributed by atoms with E-state index >= 15 is 0 Å². The predicted molar refractivity (Wildman–Crippen MR) is 80.0 cm³/mol. The fourth-order valence-electron chi connectivity index (χ4n) is 2.22. The minimum Gasteiger partial charge on any atom is -0.327 e. The van der Waals surface area contributed by atoms with Gasteiger partial charge in [0.2, 0.25) is 0 Å². The highest BCUT2D eigenvalue weighted by Gasteiger charge is 2.17. The van der Waals surface area contributed by atoms with Crippen molar-refractivity contribution < 1.29 is 0 Å². The second-order valence-electron chi connectivity index (χ2n) is 4.24. The van der Waals surface area contributed by atoms with E-state index in [1.807, 2.05) is 18.5 Å². The monoisotopic (exact) mass is 312 g/mol. The third-order valence-electron chi connectivity index (χ3n) is 3.00. The number of rotatable bonds is 1. The van der Waals surface area contributed by atoms with E-state index in [1.165, 1.54) is 0 Å². The number of para-hydroxylation sites is 1. The zero-order valence-corrected chi connectivity index (χ0v) is 12.6. The number of aryl methyl sites for hydroxylation is 2. The van der Waals surface area contributed by atoms with Crippen LogP contribution in [0.3, 0.4) is 0 Å². The number of benzene rings is 1. The summed E-state index contributed by atoms with van der Waals surface area (Å²) < 4.78 is 4.12. The molecule has 0 saturated carbocycles. The van der Waals surface area contributed by atoms with Gasteiger partial charge in [-0.15, -0.1) is 0 Å². The summed E-state index contributed by atoms with van der Waals surface area (Å²) in [5, 5.41) is 5.46. The van der Waals surface area contributed by atoms with Crippen LogP contribution in [0.5, 0.6) is 0 Å². The predicted octanol–water partition coefficient (Wildman–Crippen LogP) is 4.04. The fourth-order valence-corrected chi connectivity index (χ4v) is 3.06. The van der Waals surface area contributed by atoms with Gasteiger partial charge in [0, 0.05) is 7.05 Å². The Bertz CT molecular complexity index is 823. The van der Waals surface area contributed by atoms with Crippen LogP contribution in [0.1, 0.15) is 5.69 Å². The molecule has 7 heteroatoms. The van der Waals surface area contributed by atoms with Crippen molar-refractivity contribution in [3.63, 3.8) is 0 Å². The Kier molecular flexibility index (Phi) is 2.92. The summed E-state index contributed by atoms with van der Waals surface area (Å²) >= 11 is 17.9. The highest BCUT2D eigenvalue weighted by atomic mass is 35.5. The Labute approximate surface area is 124 Å². The van der Waals surface area contributed by atoms with Crippen molar-refractivity contribution >= 4 is 46.6 Å². The van der Waals surface area contributed by atoms with Crippen LogP contribution in [0.4, 0.5) is 0 Å². The van der Waals surface area contributed by atoms with E-state index in [9.17, 15) is 0 Å². The molecule has 0 amide bonds. The number of halogens is 2. The van der Waals surface area contributed by atoms with Gasteiger partial charge in [-0.05, 0) is 31.3 Å². The Morgan fingerprint density at radius 1 is 1.26 bits per heavy atom. The molecule has 2 aromatic heterocycles. The molecule has 4 nitrogen and oxygen atoms in total. The number of nitrogens with zero attached hydrogens (tertiary/aromatic N) is 3. The maximum absolute atomic E-state index is 6.26. The molecule has 0 aliphatic carbocycles. The van der Waals surface area contributed by atoms with E-state index in [0.717, 1.165) is 16.9 Å². The van der Waals surface area contributed by atoms with Crippen LogP contribution in [0, 0.1) is 11.7 Å². The van der Waals surface area contributed by atoms with Gasteiger partial charge in [-0.3, -0.25) is 4.57 Å². The summed E-state index contributed by atoms with van der Waals surface area (Å²) in [5.41, 5.74) is 3.29. The molecule has 98 valence electrons. The van der Waals surface area contributed by atoms with E-state index in [0.29, 0.717) is 20.5 Å². The van der Waals surface area contributed by atoms with Gasteiger partial charge < -0.3 is 4.98 Å². The zero-order chi connectivity index (χ0) is 13.7. The molecule has 0 aliphatic rings. The molecule has 3 aromatic rings. The number of aromatic nitrogens is 4. The lowest BCUT2D eigenvalue weighted by molar-refractivity contribution is 0.759. The van der Waals surface area contributed by atoms with Crippen molar-refractivity contribution in [3.05, 3.63) is 38.7 Å². The molecule has 1 N–H and O–H groups in total. The first kappa shape index (κ1) is 12.7. The molecule has 3 rings (SSSR count). The SMILES string of the molecule is Cc1nn(C)c2c1[nH]c(=S)n2-c1c(Cl)cccc1Cl. The van der Waals surface area contributed by atoms with Gasteiger partial charge in [0.25, 0.3) is 0 Å². The first-order valence-electron chi connectivity index (χ1n) is 5.59. The van der Waals surface area contributed by atoms with Crippen molar-refractivity contribution in [1.29, 1.82) is 0 Å². The summed E-state index contributed by atoms with van der Waals surface area (Å²) in [5.74, 6) is 0. The van der Waals surface area contributed by atoms with Crippen LogP contribution >= 0.6 is 35.4 Å². The van der Waals surface area contributed by atoms with Gasteiger partial charge in [-0.25, -0.2) is 4.68 Å². The lowest BCUT2D eigenvalue weighted by Gasteiger charge is -2.09. The molecule has 0 bridgehead atoms. The van der Waals surface area contributed by atoms with Gasteiger partial charge in [0.05, 0.1) is 21.4 Å². The third-order valence-corrected chi connectivity index (χ3v) is 3.89. The molecule has 0 unspecified atom stereocenters. The maximum Gasteiger partial charge on any atom is 0.184 e. The van der Waals surface area contributed by atoms with E-state index < -0.39 is 0 Å². The molecular formula is C12H10Cl2N4S. The number of imidazole rings is 1. The van der Waals surface area contributed by atoms with Crippen molar-refractivity contribution in [2.75, 3.05) is 0 Å². The van der Waals surface area contributed by atoms with Crippen LogP contribution in [0.2, 0.25) is 10.0 Å². The highest BCUT2D eigenvalue weighted by molar-refractivity contribution is 7.71. The minimum absolute atomic E-state index is 0.543. The molecule has 0 saturated heterocycles. The van der Waals surface area contributed by atoms with Crippen molar-refractivity contribution in [2.24, 2.45) is 7.05 Å². The number of nitrogens with one attached hydrogen (secondary N) is 1. The lowest BCUT2D eigenvalue weighted by Crippen LogP contribution is -2.02. The summed E-state index contributed by atoms with van der Waals surface area (Å²) in [6.45, 7) is 1.92. The second-order valence-corrected chi connectivity index (χ2v) is 5.44. The van der Waals surface area contributed by atoms with E-state index in [-0.39, 0.29) is 0 Å². The van der Waals surface area contributed by atoms with E-state index in [4.69, 9.17) is 35.4 Å². The van der Waals surface area contributed by atoms with Crippen LogP contribution in [-0.4, -0.2) is 19.3 Å². The third kappa shape index (κ3) is 1.81. The van der Waals surface area contributed by atoms with Crippen molar-refractivity contribution in [2.45, 2.75) is 6.92 Å². The number of hydrogen-bond donors (Lipinski definition) is 1. The first-order chi connectivity index (χ1) is 9.00. The highest BCUT2D eigenvalue weighted by Crippen LogP contribution is 2.31. The van der Waals surface area contributed by atoms with Crippen LogP contribution in [-0.2, 0) is 7.05 Å². The molecule has 0 atom stereocenters. The second kappa shape index (κ2) is 4.37. The quantitative estimate of drug-likeness (QED) is 0.689. The minimum atomic E-state index is 0.543. The van der Waals surface area contributed by atoms with Crippen molar-refractivity contribution in [3.8, 4) is 5.69 Å². The van der Waals surface area contributed by atoms with Crippen molar-refractivity contribution in [1.82, 2.24) is 19.3 Å². The smallest absolute Gasteiger partial charge is 0.184 e. The van der Waals surface area contributed by atoms with Gasteiger partial charge in [0.1, 0.15) is 5.52 Å². The number of H-pyrrole nitrogens is 1. The standard InChI is InChI=1S/C12H10Cl2N4S/c1-6-9-11(17(2)16-6)18(12(19)15-9)10-7(13)4-3-5-8(10)14/h3-5H,1-2H3,(H,15,19). The van der Waals surface area contributed by atoms with Gasteiger partial charge in [0.15, 0.2) is 10.4 Å². The number of hydrogen-bond acceptors (Lipinski definition) is 2. The summed E-state index contributed by atoms with van der Waals surface area (Å²) in [7, 11) is 1.86. The molecule has 19 heavy (non-hydrogen) atoms. The van der Waals surface area contributed by atoms with Crippen LogP contribution < -0.4 is 0 Å². The Hall–Kier alpha value is -1.30. The van der Waals surface area contributed by atoms with E-state index in [1.54, 1.807) is 22.9 Å².